The molecule has 0 amide bonds. The summed E-state index contributed by atoms with van der Waals surface area (Å²) < 4.78 is 11.9. The van der Waals surface area contributed by atoms with Crippen LogP contribution in [-0.4, -0.2) is 51.9 Å². The molecule has 96 valence electrons. The van der Waals surface area contributed by atoms with E-state index in [9.17, 15) is 4.79 Å². The van der Waals surface area contributed by atoms with Crippen LogP contribution in [0.2, 0.25) is 0 Å². The van der Waals surface area contributed by atoms with E-state index in [-0.39, 0.29) is 5.75 Å². The number of thioether (sulfide) groups is 1. The van der Waals surface area contributed by atoms with Crippen LogP contribution in [0.1, 0.15) is 5.82 Å². The van der Waals surface area contributed by atoms with Crippen molar-refractivity contribution >= 4 is 17.7 Å². The lowest BCUT2D eigenvalue weighted by atomic mass is 10.6. The monoisotopic (exact) mass is 261 g/mol. The third-order valence-electron chi connectivity index (χ3n) is 1.91. The predicted molar refractivity (Wildman–Crippen MR) is 60.9 cm³/mol. The number of carboxylic acid groups (broad SMARTS) is 1. The Morgan fingerprint density at radius 1 is 1.47 bits per heavy atom. The van der Waals surface area contributed by atoms with Crippen LogP contribution in [0.25, 0.3) is 0 Å². The van der Waals surface area contributed by atoms with E-state index in [1.807, 2.05) is 0 Å². The van der Waals surface area contributed by atoms with Crippen molar-refractivity contribution < 1.29 is 19.4 Å². The van der Waals surface area contributed by atoms with Gasteiger partial charge in [-0.2, -0.15) is 0 Å². The lowest BCUT2D eigenvalue weighted by Gasteiger charge is -2.04. The maximum absolute atomic E-state index is 10.4. The van der Waals surface area contributed by atoms with Gasteiger partial charge >= 0.3 is 5.97 Å². The molecule has 8 heteroatoms. The summed E-state index contributed by atoms with van der Waals surface area (Å²) in [6, 6.07) is 0. The van der Waals surface area contributed by atoms with Crippen molar-refractivity contribution in [3.05, 3.63) is 5.82 Å². The van der Waals surface area contributed by atoms with Crippen LogP contribution in [0.5, 0.6) is 0 Å². The highest BCUT2D eigenvalue weighted by Crippen LogP contribution is 2.15. The van der Waals surface area contributed by atoms with E-state index >= 15 is 0 Å². The standard InChI is InChI=1S/C9H15N3O4S/c1-12-7(5-16-4-3-15-2)10-11-9(12)17-6-8(13)14/h3-6H2,1-2H3,(H,13,14). The Hall–Kier alpha value is -1.12. The molecule has 0 aromatic carbocycles. The van der Waals surface area contributed by atoms with Crippen LogP contribution in [-0.2, 0) is 27.9 Å². The van der Waals surface area contributed by atoms with Crippen LogP contribution < -0.4 is 0 Å². The quantitative estimate of drug-likeness (QED) is 0.526. The molecule has 0 aliphatic rings. The molecule has 1 heterocycles. The summed E-state index contributed by atoms with van der Waals surface area (Å²) in [6.45, 7) is 1.35. The van der Waals surface area contributed by atoms with Crippen LogP contribution >= 0.6 is 11.8 Å². The highest BCUT2D eigenvalue weighted by Gasteiger charge is 2.10. The first-order chi connectivity index (χ1) is 8.15. The van der Waals surface area contributed by atoms with Gasteiger partial charge in [-0.25, -0.2) is 0 Å². The number of aromatic nitrogens is 3. The molecule has 1 aromatic heterocycles. The lowest BCUT2D eigenvalue weighted by molar-refractivity contribution is -0.133. The number of rotatable bonds is 8. The van der Waals surface area contributed by atoms with Gasteiger partial charge < -0.3 is 19.1 Å². The van der Waals surface area contributed by atoms with Gasteiger partial charge in [0.1, 0.15) is 6.61 Å². The van der Waals surface area contributed by atoms with E-state index in [0.29, 0.717) is 30.8 Å². The number of methoxy groups -OCH3 is 1. The Labute approximate surface area is 103 Å². The molecule has 0 aliphatic carbocycles. The second-order valence-electron chi connectivity index (χ2n) is 3.19. The molecule has 17 heavy (non-hydrogen) atoms. The molecular formula is C9H15N3O4S. The highest BCUT2D eigenvalue weighted by molar-refractivity contribution is 7.99. The number of carboxylic acids is 1. The van der Waals surface area contributed by atoms with Crippen LogP contribution in [0, 0.1) is 0 Å². The third-order valence-corrected chi connectivity index (χ3v) is 2.92. The van der Waals surface area contributed by atoms with E-state index in [1.54, 1.807) is 18.7 Å². The van der Waals surface area contributed by atoms with Crippen LogP contribution in [0.3, 0.4) is 0 Å². The zero-order valence-electron chi connectivity index (χ0n) is 9.75. The smallest absolute Gasteiger partial charge is 0.313 e. The summed E-state index contributed by atoms with van der Waals surface area (Å²) in [7, 11) is 3.38. The molecule has 0 radical (unpaired) electrons. The normalized spacial score (nSPS) is 10.7. The summed E-state index contributed by atoms with van der Waals surface area (Å²) in [6.07, 6.45) is 0. The molecule has 0 unspecified atom stereocenters. The Morgan fingerprint density at radius 2 is 2.24 bits per heavy atom. The first kappa shape index (κ1) is 13.9. The molecule has 0 aliphatic heterocycles. The number of hydrogen-bond acceptors (Lipinski definition) is 6. The second kappa shape index (κ2) is 7.25. The van der Waals surface area contributed by atoms with Gasteiger partial charge in [-0.15, -0.1) is 10.2 Å². The van der Waals surface area contributed by atoms with Gasteiger partial charge in [0.25, 0.3) is 0 Å². The number of carbonyl (C=O) groups is 1. The molecule has 0 fully saturated rings. The summed E-state index contributed by atoms with van der Waals surface area (Å²) in [5.74, 6) is -0.249. The number of aliphatic carboxylic acids is 1. The van der Waals surface area contributed by atoms with Gasteiger partial charge in [0.05, 0.1) is 19.0 Å². The summed E-state index contributed by atoms with van der Waals surface area (Å²) >= 11 is 1.13. The molecule has 0 atom stereocenters. The Morgan fingerprint density at radius 3 is 2.88 bits per heavy atom. The van der Waals surface area contributed by atoms with Crippen molar-refractivity contribution in [3.8, 4) is 0 Å². The molecule has 7 nitrogen and oxygen atoms in total. The first-order valence-corrected chi connectivity index (χ1v) is 5.93. The summed E-state index contributed by atoms with van der Waals surface area (Å²) in [4.78, 5) is 10.4. The van der Waals surface area contributed by atoms with Crippen LogP contribution in [0.4, 0.5) is 0 Å². The highest BCUT2D eigenvalue weighted by atomic mass is 32.2. The molecule has 1 aromatic rings. The minimum atomic E-state index is -0.879. The van der Waals surface area contributed by atoms with Gasteiger partial charge in [0, 0.05) is 14.2 Å². The van der Waals surface area contributed by atoms with Crippen molar-refractivity contribution in [1.82, 2.24) is 14.8 Å². The fourth-order valence-corrected chi connectivity index (χ4v) is 1.68. The van der Waals surface area contributed by atoms with E-state index in [2.05, 4.69) is 10.2 Å². The third kappa shape index (κ3) is 4.72. The maximum atomic E-state index is 10.4. The van der Waals surface area contributed by atoms with Gasteiger partial charge in [-0.05, 0) is 0 Å². The molecule has 0 bridgehead atoms. The fourth-order valence-electron chi connectivity index (χ4n) is 1.03. The Bertz CT molecular complexity index is 369. The molecule has 1 N–H and O–H groups in total. The maximum Gasteiger partial charge on any atom is 0.313 e. The molecule has 0 saturated carbocycles. The lowest BCUT2D eigenvalue weighted by Crippen LogP contribution is -2.06. The SMILES string of the molecule is COCCOCc1nnc(SCC(=O)O)n1C. The second-order valence-corrected chi connectivity index (χ2v) is 4.13. The van der Waals surface area contributed by atoms with Crippen molar-refractivity contribution in [2.45, 2.75) is 11.8 Å². The fraction of sp³-hybridized carbons (Fsp3) is 0.667. The minimum Gasteiger partial charge on any atom is -0.481 e. The largest absolute Gasteiger partial charge is 0.481 e. The predicted octanol–water partition coefficient (Wildman–Crippen LogP) is 0.155. The molecule has 0 spiro atoms. The summed E-state index contributed by atoms with van der Waals surface area (Å²) in [5.41, 5.74) is 0. The van der Waals surface area contributed by atoms with Gasteiger partial charge in [-0.1, -0.05) is 11.8 Å². The topological polar surface area (TPSA) is 86.5 Å². The molecule has 0 saturated heterocycles. The van der Waals surface area contributed by atoms with Crippen molar-refractivity contribution in [2.75, 3.05) is 26.1 Å². The van der Waals surface area contributed by atoms with Crippen molar-refractivity contribution in [2.24, 2.45) is 7.05 Å². The van der Waals surface area contributed by atoms with Gasteiger partial charge in [0.2, 0.25) is 0 Å². The minimum absolute atomic E-state index is 0.0312. The Kier molecular flexibility index (Phi) is 5.95. The number of nitrogens with zero attached hydrogens (tertiary/aromatic N) is 3. The molecule has 1 rings (SSSR count). The number of hydrogen-bond donors (Lipinski definition) is 1. The van der Waals surface area contributed by atoms with E-state index < -0.39 is 5.97 Å². The van der Waals surface area contributed by atoms with E-state index in [4.69, 9.17) is 14.6 Å². The first-order valence-electron chi connectivity index (χ1n) is 4.94. The van der Waals surface area contributed by atoms with Crippen molar-refractivity contribution in [3.63, 3.8) is 0 Å². The summed E-state index contributed by atoms with van der Waals surface area (Å²) in [5, 5.41) is 16.9. The average Bonchev–Trinajstić information content (AvgIpc) is 2.63. The zero-order chi connectivity index (χ0) is 12.7. The van der Waals surface area contributed by atoms with Gasteiger partial charge in [-0.3, -0.25) is 4.79 Å². The average molecular weight is 261 g/mol. The van der Waals surface area contributed by atoms with E-state index in [1.165, 1.54) is 0 Å². The zero-order valence-corrected chi connectivity index (χ0v) is 10.6. The van der Waals surface area contributed by atoms with Crippen LogP contribution in [0.15, 0.2) is 5.16 Å². The van der Waals surface area contributed by atoms with Gasteiger partial charge in [0.15, 0.2) is 11.0 Å². The number of ether oxygens (including phenoxy) is 2. The Balaban J connectivity index is 2.43. The van der Waals surface area contributed by atoms with E-state index in [0.717, 1.165) is 11.8 Å². The molecular weight excluding hydrogens is 246 g/mol. The van der Waals surface area contributed by atoms with Crippen molar-refractivity contribution in [1.29, 1.82) is 0 Å².